The average molecular weight is 498 g/mol. The van der Waals surface area contributed by atoms with Crippen LogP contribution in [-0.4, -0.2) is 53.9 Å². The molecular weight excluding hydrogens is 465 g/mol. The van der Waals surface area contributed by atoms with Crippen LogP contribution in [0.1, 0.15) is 47.3 Å². The highest BCUT2D eigenvalue weighted by Crippen LogP contribution is 2.33. The van der Waals surface area contributed by atoms with E-state index in [0.29, 0.717) is 29.0 Å². The van der Waals surface area contributed by atoms with Gasteiger partial charge in [0.15, 0.2) is 5.65 Å². The van der Waals surface area contributed by atoms with Crippen LogP contribution < -0.4 is 9.80 Å². The van der Waals surface area contributed by atoms with Crippen LogP contribution in [0.25, 0.3) is 16.9 Å². The third-order valence-electron chi connectivity index (χ3n) is 7.82. The molecule has 1 saturated heterocycles. The van der Waals surface area contributed by atoms with Gasteiger partial charge in [-0.1, -0.05) is 24.3 Å². The van der Waals surface area contributed by atoms with E-state index < -0.39 is 0 Å². The Hall–Kier alpha value is -3.87. The second-order valence-electron chi connectivity index (χ2n) is 10.3. The first kappa shape index (κ1) is 23.5. The Labute approximate surface area is 216 Å². The Morgan fingerprint density at radius 3 is 2.57 bits per heavy atom. The van der Waals surface area contributed by atoms with Gasteiger partial charge in [-0.25, -0.2) is 9.37 Å². The Morgan fingerprint density at radius 1 is 1.03 bits per heavy atom. The minimum absolute atomic E-state index is 0.00230. The molecule has 7 heteroatoms. The maximum Gasteiger partial charge on any atom is 0.255 e. The van der Waals surface area contributed by atoms with Gasteiger partial charge in [-0.15, -0.1) is 0 Å². The number of fused-ring (bicyclic) bond motifs is 2. The number of benzene rings is 2. The lowest BCUT2D eigenvalue weighted by atomic mass is 9.93. The third-order valence-corrected chi connectivity index (χ3v) is 7.82. The van der Waals surface area contributed by atoms with Crippen LogP contribution in [0.4, 0.5) is 15.8 Å². The number of nitrogens with zero attached hydrogens (tertiary/aromatic N) is 5. The number of hydrogen-bond acceptors (Lipinski definition) is 4. The molecule has 37 heavy (non-hydrogen) atoms. The molecule has 4 heterocycles. The summed E-state index contributed by atoms with van der Waals surface area (Å²) in [6.45, 7) is 4.70. The number of hydrogen-bond donors (Lipinski definition) is 0. The molecule has 0 spiro atoms. The Morgan fingerprint density at radius 2 is 1.81 bits per heavy atom. The number of carbonyl (C=O) groups is 1. The highest BCUT2D eigenvalue weighted by Gasteiger charge is 2.29. The van der Waals surface area contributed by atoms with Crippen molar-refractivity contribution in [3.8, 4) is 11.3 Å². The largest absolute Gasteiger partial charge is 0.375 e. The Kier molecular flexibility index (Phi) is 5.86. The first-order valence-electron chi connectivity index (χ1n) is 13.0. The van der Waals surface area contributed by atoms with Gasteiger partial charge in [0.05, 0.1) is 23.0 Å². The van der Waals surface area contributed by atoms with Gasteiger partial charge in [0.2, 0.25) is 0 Å². The van der Waals surface area contributed by atoms with Crippen LogP contribution in [0.15, 0.2) is 60.9 Å². The fourth-order valence-corrected chi connectivity index (χ4v) is 5.76. The normalized spacial score (nSPS) is 17.4. The Bertz CT molecular complexity index is 1490. The van der Waals surface area contributed by atoms with E-state index in [1.807, 2.05) is 65.0 Å². The van der Waals surface area contributed by atoms with E-state index in [1.165, 1.54) is 11.1 Å². The number of aromatic nitrogens is 2. The Balaban J connectivity index is 1.36. The topological polar surface area (TPSA) is 44.1 Å². The lowest BCUT2D eigenvalue weighted by Crippen LogP contribution is -2.39. The number of pyridine rings is 1. The van der Waals surface area contributed by atoms with Gasteiger partial charge in [-0.3, -0.25) is 4.79 Å². The smallest absolute Gasteiger partial charge is 0.255 e. The van der Waals surface area contributed by atoms with Gasteiger partial charge in [-0.2, -0.15) is 0 Å². The van der Waals surface area contributed by atoms with E-state index in [1.54, 1.807) is 6.07 Å². The van der Waals surface area contributed by atoms with Gasteiger partial charge in [0.25, 0.3) is 5.91 Å². The summed E-state index contributed by atoms with van der Waals surface area (Å²) >= 11 is 0. The lowest BCUT2D eigenvalue weighted by Gasteiger charge is -2.35. The zero-order valence-corrected chi connectivity index (χ0v) is 21.6. The van der Waals surface area contributed by atoms with E-state index in [-0.39, 0.29) is 17.8 Å². The molecular formula is C30H32FN5O. The molecule has 2 aliphatic heterocycles. The minimum Gasteiger partial charge on any atom is -0.375 e. The molecule has 190 valence electrons. The van der Waals surface area contributed by atoms with Crippen molar-refractivity contribution in [1.82, 2.24) is 14.3 Å². The van der Waals surface area contributed by atoms with Gasteiger partial charge in [0, 0.05) is 57.4 Å². The molecule has 1 fully saturated rings. The second kappa shape index (κ2) is 9.21. The van der Waals surface area contributed by atoms with Crippen molar-refractivity contribution in [3.63, 3.8) is 0 Å². The van der Waals surface area contributed by atoms with E-state index in [4.69, 9.17) is 4.98 Å². The van der Waals surface area contributed by atoms with Crippen LogP contribution in [0, 0.1) is 5.82 Å². The molecule has 1 atom stereocenters. The number of halogens is 1. The van der Waals surface area contributed by atoms with Crippen molar-refractivity contribution >= 4 is 22.9 Å². The summed E-state index contributed by atoms with van der Waals surface area (Å²) in [7, 11) is 3.87. The van der Waals surface area contributed by atoms with Crippen molar-refractivity contribution in [2.24, 2.45) is 0 Å². The van der Waals surface area contributed by atoms with Gasteiger partial charge in [0.1, 0.15) is 5.82 Å². The highest BCUT2D eigenvalue weighted by molar-refractivity contribution is 5.96. The number of imidazole rings is 1. The molecule has 0 N–H and O–H groups in total. The summed E-state index contributed by atoms with van der Waals surface area (Å²) in [4.78, 5) is 24.6. The van der Waals surface area contributed by atoms with Gasteiger partial charge < -0.3 is 19.1 Å². The molecule has 0 bridgehead atoms. The van der Waals surface area contributed by atoms with E-state index >= 15 is 4.39 Å². The fourth-order valence-electron chi connectivity index (χ4n) is 5.76. The van der Waals surface area contributed by atoms with Gasteiger partial charge in [-0.05, 0) is 61.6 Å². The standard InChI is InChI=1S/C30H32FN5O/c1-20-24-9-5-4-8-21(24)12-15-36(20)30(37)22-16-28(33(2)3)29-32-27(19-35(29)18-22)25-11-10-23(17-26(25)31)34-13-6-7-14-34/h4-5,8-11,16-20H,6-7,12-15H2,1-3H3/t20-/m1/s1. The van der Waals surface area contributed by atoms with Crippen LogP contribution in [0.5, 0.6) is 0 Å². The van der Waals surface area contributed by atoms with Crippen LogP contribution in [0.2, 0.25) is 0 Å². The van der Waals surface area contributed by atoms with E-state index in [9.17, 15) is 4.79 Å². The second-order valence-corrected chi connectivity index (χ2v) is 10.3. The average Bonchev–Trinajstić information content (AvgIpc) is 3.58. The molecule has 6 nitrogen and oxygen atoms in total. The monoisotopic (exact) mass is 497 g/mol. The summed E-state index contributed by atoms with van der Waals surface area (Å²) < 4.78 is 17.1. The molecule has 0 aliphatic carbocycles. The molecule has 0 radical (unpaired) electrons. The van der Waals surface area contributed by atoms with E-state index in [0.717, 1.165) is 43.7 Å². The van der Waals surface area contributed by atoms with E-state index in [2.05, 4.69) is 30.0 Å². The highest BCUT2D eigenvalue weighted by atomic mass is 19.1. The van der Waals surface area contributed by atoms with Gasteiger partial charge >= 0.3 is 0 Å². The quantitative estimate of drug-likeness (QED) is 0.370. The summed E-state index contributed by atoms with van der Waals surface area (Å²) in [5.74, 6) is -0.292. The SMILES string of the molecule is C[C@@H]1c2ccccc2CCN1C(=O)c1cc(N(C)C)c2nc(-c3ccc(N4CCCC4)cc3F)cn2c1. The number of anilines is 2. The molecule has 6 rings (SSSR count). The maximum absolute atomic E-state index is 15.2. The van der Waals surface area contributed by atoms with Crippen molar-refractivity contribution in [1.29, 1.82) is 0 Å². The zero-order valence-electron chi connectivity index (χ0n) is 21.6. The lowest BCUT2D eigenvalue weighted by molar-refractivity contribution is 0.0677. The number of rotatable bonds is 4. The summed E-state index contributed by atoms with van der Waals surface area (Å²) in [5, 5.41) is 0. The van der Waals surface area contributed by atoms with Crippen molar-refractivity contribution in [3.05, 3.63) is 83.4 Å². The van der Waals surface area contributed by atoms with Crippen molar-refractivity contribution < 1.29 is 9.18 Å². The molecule has 1 amide bonds. The first-order chi connectivity index (χ1) is 17.9. The third kappa shape index (κ3) is 4.12. The van der Waals surface area contributed by atoms with Crippen molar-refractivity contribution in [2.75, 3.05) is 43.5 Å². The molecule has 2 aromatic carbocycles. The van der Waals surface area contributed by atoms with Crippen LogP contribution in [-0.2, 0) is 6.42 Å². The summed E-state index contributed by atoms with van der Waals surface area (Å²) in [6.07, 6.45) is 6.78. The van der Waals surface area contributed by atoms with Crippen LogP contribution in [0.3, 0.4) is 0 Å². The first-order valence-corrected chi connectivity index (χ1v) is 13.0. The predicted molar refractivity (Wildman–Crippen MR) is 146 cm³/mol. The molecule has 4 aromatic rings. The predicted octanol–water partition coefficient (Wildman–Crippen LogP) is 5.57. The summed E-state index contributed by atoms with van der Waals surface area (Å²) in [5.41, 5.74) is 6.55. The number of amides is 1. The fraction of sp³-hybridized carbons (Fsp3) is 0.333. The minimum atomic E-state index is -0.281. The molecule has 0 saturated carbocycles. The van der Waals surface area contributed by atoms with Crippen molar-refractivity contribution in [2.45, 2.75) is 32.2 Å². The molecule has 2 aromatic heterocycles. The summed E-state index contributed by atoms with van der Waals surface area (Å²) in [6, 6.07) is 15.6. The van der Waals surface area contributed by atoms with Crippen LogP contribution >= 0.6 is 0 Å². The molecule has 0 unspecified atom stereocenters. The molecule has 2 aliphatic rings. The zero-order chi connectivity index (χ0) is 25.7. The maximum atomic E-state index is 15.2. The number of carbonyl (C=O) groups excluding carboxylic acids is 1.